The fraction of sp³-hybridized carbons (Fsp3) is 0.143. The molecule has 0 aliphatic carbocycles. The van der Waals surface area contributed by atoms with Crippen molar-refractivity contribution in [1.82, 2.24) is 19.3 Å². The zero-order valence-electron chi connectivity index (χ0n) is 15.8. The van der Waals surface area contributed by atoms with Gasteiger partial charge >= 0.3 is 0 Å². The predicted molar refractivity (Wildman–Crippen MR) is 113 cm³/mol. The van der Waals surface area contributed by atoms with Gasteiger partial charge in [0, 0.05) is 36.1 Å². The Balaban J connectivity index is 1.47. The van der Waals surface area contributed by atoms with E-state index in [1.165, 1.54) is 18.0 Å². The fourth-order valence-corrected chi connectivity index (χ4v) is 3.86. The minimum atomic E-state index is -0.124. The molecule has 8 heteroatoms. The highest BCUT2D eigenvalue weighted by atomic mass is 32.2. The summed E-state index contributed by atoms with van der Waals surface area (Å²) in [6, 6.07) is 14.9. The molecule has 2 heterocycles. The molecule has 0 saturated heterocycles. The van der Waals surface area contributed by atoms with Gasteiger partial charge in [0.05, 0.1) is 23.9 Å². The van der Waals surface area contributed by atoms with Gasteiger partial charge in [-0.25, -0.2) is 4.98 Å². The third kappa shape index (κ3) is 4.22. The van der Waals surface area contributed by atoms with E-state index in [1.54, 1.807) is 16.9 Å². The first-order valence-electron chi connectivity index (χ1n) is 9.11. The van der Waals surface area contributed by atoms with Crippen LogP contribution in [0.2, 0.25) is 0 Å². The maximum Gasteiger partial charge on any atom is 0.226 e. The largest absolute Gasteiger partial charge is 0.329 e. The van der Waals surface area contributed by atoms with Gasteiger partial charge in [-0.05, 0) is 36.0 Å². The number of nitrogens with zero attached hydrogens (tertiary/aromatic N) is 4. The summed E-state index contributed by atoms with van der Waals surface area (Å²) < 4.78 is 3.61. The van der Waals surface area contributed by atoms with Crippen LogP contribution in [0.4, 0.5) is 5.69 Å². The van der Waals surface area contributed by atoms with Crippen LogP contribution in [-0.2, 0) is 18.4 Å². The number of aryl methyl sites for hydroxylation is 2. The number of carbonyl (C=O) groups is 1. The average Bonchev–Trinajstić information content (AvgIpc) is 3.14. The van der Waals surface area contributed by atoms with Gasteiger partial charge in [-0.2, -0.15) is 5.10 Å². The van der Waals surface area contributed by atoms with Crippen LogP contribution in [0.15, 0.2) is 82.0 Å². The molecular formula is C21H19N5O2S. The van der Waals surface area contributed by atoms with E-state index in [-0.39, 0.29) is 17.8 Å². The molecule has 0 bridgehead atoms. The molecule has 1 N–H and O–H groups in total. The molecule has 146 valence electrons. The van der Waals surface area contributed by atoms with Crippen molar-refractivity contribution in [2.75, 3.05) is 5.32 Å². The van der Waals surface area contributed by atoms with Gasteiger partial charge < -0.3 is 9.88 Å². The number of hydrogen-bond donors (Lipinski definition) is 1. The van der Waals surface area contributed by atoms with E-state index in [4.69, 9.17) is 0 Å². The number of hydrogen-bond acceptors (Lipinski definition) is 5. The van der Waals surface area contributed by atoms with Crippen molar-refractivity contribution in [3.8, 4) is 0 Å². The van der Waals surface area contributed by atoms with E-state index >= 15 is 0 Å². The lowest BCUT2D eigenvalue weighted by Gasteiger charge is -2.12. The number of anilines is 1. The van der Waals surface area contributed by atoms with Crippen LogP contribution in [0, 0.1) is 0 Å². The van der Waals surface area contributed by atoms with Gasteiger partial charge in [0.25, 0.3) is 0 Å². The topological polar surface area (TPSA) is 81.8 Å². The van der Waals surface area contributed by atoms with Crippen molar-refractivity contribution < 1.29 is 4.79 Å². The zero-order valence-corrected chi connectivity index (χ0v) is 16.6. The Morgan fingerprint density at radius 1 is 1.14 bits per heavy atom. The Morgan fingerprint density at radius 2 is 1.93 bits per heavy atom. The van der Waals surface area contributed by atoms with Crippen LogP contribution in [0.25, 0.3) is 10.9 Å². The normalized spacial score (nSPS) is 10.9. The molecule has 0 aliphatic heterocycles. The van der Waals surface area contributed by atoms with Crippen LogP contribution >= 0.6 is 11.8 Å². The molecule has 0 aliphatic rings. The quantitative estimate of drug-likeness (QED) is 0.532. The third-order valence-corrected chi connectivity index (χ3v) is 5.60. The van der Waals surface area contributed by atoms with E-state index in [1.807, 2.05) is 60.3 Å². The minimum absolute atomic E-state index is 0.123. The van der Waals surface area contributed by atoms with Gasteiger partial charge in [0.2, 0.25) is 11.3 Å². The standard InChI is InChI=1S/C21H19N5O2S/c1-25-13-11-22-21(25)29-19-9-5-3-7-16(19)24-20(28)10-12-26-17-8-4-2-6-15(17)18(27)14-23-26/h2-9,11,13-14H,10,12H2,1H3,(H,24,28). The second kappa shape index (κ2) is 8.32. The van der Waals surface area contributed by atoms with Crippen LogP contribution in [0.1, 0.15) is 6.42 Å². The van der Waals surface area contributed by atoms with E-state index in [0.717, 1.165) is 21.3 Å². The minimum Gasteiger partial charge on any atom is -0.329 e. The number of aromatic nitrogens is 4. The number of imidazole rings is 1. The zero-order chi connectivity index (χ0) is 20.2. The Bertz CT molecular complexity index is 1230. The van der Waals surface area contributed by atoms with Gasteiger partial charge in [-0.1, -0.05) is 24.3 Å². The molecular weight excluding hydrogens is 386 g/mol. The number of rotatable bonds is 6. The SMILES string of the molecule is Cn1ccnc1Sc1ccccc1NC(=O)CCn1ncc(=O)c2ccccc21. The third-order valence-electron chi connectivity index (χ3n) is 4.45. The van der Waals surface area contributed by atoms with Crippen molar-refractivity contribution in [3.05, 3.63) is 77.3 Å². The van der Waals surface area contributed by atoms with Crippen LogP contribution in [-0.4, -0.2) is 25.2 Å². The molecule has 1 amide bonds. The molecule has 0 radical (unpaired) electrons. The van der Waals surface area contributed by atoms with Gasteiger partial charge in [-0.3, -0.25) is 14.3 Å². The predicted octanol–water partition coefficient (Wildman–Crippen LogP) is 3.31. The van der Waals surface area contributed by atoms with Crippen molar-refractivity contribution in [1.29, 1.82) is 0 Å². The summed E-state index contributed by atoms with van der Waals surface area (Å²) in [5, 5.41) is 8.58. The summed E-state index contributed by atoms with van der Waals surface area (Å²) in [4.78, 5) is 29.7. The number of nitrogens with one attached hydrogen (secondary N) is 1. The number of benzene rings is 2. The van der Waals surface area contributed by atoms with E-state index in [0.29, 0.717) is 11.9 Å². The number of carbonyl (C=O) groups excluding carboxylic acids is 1. The maximum absolute atomic E-state index is 12.6. The molecule has 0 unspecified atom stereocenters. The van der Waals surface area contributed by atoms with Crippen molar-refractivity contribution in [3.63, 3.8) is 0 Å². The number of amides is 1. The lowest BCUT2D eigenvalue weighted by Crippen LogP contribution is -2.18. The first-order chi connectivity index (χ1) is 14.1. The van der Waals surface area contributed by atoms with E-state index < -0.39 is 0 Å². The summed E-state index contributed by atoms with van der Waals surface area (Å²) in [5.41, 5.74) is 1.34. The first-order valence-corrected chi connectivity index (χ1v) is 9.92. The molecule has 0 atom stereocenters. The van der Waals surface area contributed by atoms with Gasteiger partial charge in [0.15, 0.2) is 5.16 Å². The lowest BCUT2D eigenvalue weighted by atomic mass is 10.2. The Hall–Kier alpha value is -3.39. The highest BCUT2D eigenvalue weighted by Gasteiger charge is 2.11. The number of fused-ring (bicyclic) bond motifs is 1. The molecule has 4 rings (SSSR count). The smallest absolute Gasteiger partial charge is 0.226 e. The summed E-state index contributed by atoms with van der Waals surface area (Å²) in [5.74, 6) is -0.123. The van der Waals surface area contributed by atoms with E-state index in [2.05, 4.69) is 15.4 Å². The summed E-state index contributed by atoms with van der Waals surface area (Å²) >= 11 is 1.49. The summed E-state index contributed by atoms with van der Waals surface area (Å²) in [6.07, 6.45) is 5.15. The van der Waals surface area contributed by atoms with Crippen molar-refractivity contribution >= 4 is 34.3 Å². The number of para-hydroxylation sites is 2. The molecule has 0 saturated carbocycles. The monoisotopic (exact) mass is 405 g/mol. The van der Waals surface area contributed by atoms with Crippen molar-refractivity contribution in [2.24, 2.45) is 7.05 Å². The van der Waals surface area contributed by atoms with Crippen molar-refractivity contribution in [2.45, 2.75) is 23.0 Å². The molecule has 0 spiro atoms. The maximum atomic E-state index is 12.6. The molecule has 0 fully saturated rings. The van der Waals surface area contributed by atoms with Gasteiger partial charge in [-0.15, -0.1) is 0 Å². The average molecular weight is 405 g/mol. The van der Waals surface area contributed by atoms with E-state index in [9.17, 15) is 9.59 Å². The van der Waals surface area contributed by atoms with Crippen LogP contribution < -0.4 is 10.7 Å². The second-order valence-corrected chi connectivity index (χ2v) is 7.48. The Labute approximate surface area is 171 Å². The second-order valence-electron chi connectivity index (χ2n) is 6.47. The first kappa shape index (κ1) is 18.9. The highest BCUT2D eigenvalue weighted by molar-refractivity contribution is 7.99. The Morgan fingerprint density at radius 3 is 2.76 bits per heavy atom. The Kier molecular flexibility index (Phi) is 5.44. The van der Waals surface area contributed by atoms with Crippen LogP contribution in [0.5, 0.6) is 0 Å². The molecule has 2 aromatic heterocycles. The molecule has 29 heavy (non-hydrogen) atoms. The fourth-order valence-electron chi connectivity index (χ4n) is 2.97. The summed E-state index contributed by atoms with van der Waals surface area (Å²) in [7, 11) is 1.93. The highest BCUT2D eigenvalue weighted by Crippen LogP contribution is 2.32. The molecule has 4 aromatic rings. The van der Waals surface area contributed by atoms with Crippen LogP contribution in [0.3, 0.4) is 0 Å². The molecule has 2 aromatic carbocycles. The lowest BCUT2D eigenvalue weighted by molar-refractivity contribution is -0.116. The van der Waals surface area contributed by atoms with Gasteiger partial charge in [0.1, 0.15) is 0 Å². The summed E-state index contributed by atoms with van der Waals surface area (Å²) in [6.45, 7) is 0.376. The molecule has 7 nitrogen and oxygen atoms in total.